The fourth-order valence-electron chi connectivity index (χ4n) is 0.969. The maximum Gasteiger partial charge on any atom is 0.234 e. The highest BCUT2D eigenvalue weighted by Crippen LogP contribution is 2.00. The van der Waals surface area contributed by atoms with Gasteiger partial charge in [-0.2, -0.15) is 0 Å². The molecular weight excluding hydrogens is 242 g/mol. The third-order valence-electron chi connectivity index (χ3n) is 1.66. The molecule has 0 spiro atoms. The lowest BCUT2D eigenvalue weighted by molar-refractivity contribution is -0.119. The number of nitrogens with two attached hydrogens (primary N) is 3. The van der Waals surface area contributed by atoms with Crippen LogP contribution >= 0.6 is 0 Å². The van der Waals surface area contributed by atoms with Crippen LogP contribution < -0.4 is 16.6 Å². The Bertz CT molecular complexity index is 437. The van der Waals surface area contributed by atoms with Gasteiger partial charge >= 0.3 is 0 Å². The molecule has 0 saturated carbocycles. The molecule has 1 amide bonds. The highest BCUT2D eigenvalue weighted by atomic mass is 32.2. The molecule has 1 atom stereocenters. The SMILES string of the molecule is CS(N)(=O)=O.NC(=O)[C@@H](N)Cc1ccccc1. The number of hydrogen-bond acceptors (Lipinski definition) is 4. The van der Waals surface area contributed by atoms with Crippen molar-refractivity contribution in [3.8, 4) is 0 Å². The molecule has 0 radical (unpaired) electrons. The number of carbonyl (C=O) groups excluding carboxylic acids is 1. The lowest BCUT2D eigenvalue weighted by Crippen LogP contribution is -2.38. The van der Waals surface area contributed by atoms with Crippen LogP contribution in [0.25, 0.3) is 0 Å². The summed E-state index contributed by atoms with van der Waals surface area (Å²) in [5, 5.41) is 4.33. The predicted molar refractivity (Wildman–Crippen MR) is 66.3 cm³/mol. The van der Waals surface area contributed by atoms with Gasteiger partial charge in [0, 0.05) is 0 Å². The molecule has 0 aliphatic carbocycles. The number of primary sulfonamides is 1. The van der Waals surface area contributed by atoms with Crippen molar-refractivity contribution < 1.29 is 13.2 Å². The number of hydrogen-bond donors (Lipinski definition) is 3. The van der Waals surface area contributed by atoms with E-state index in [1.165, 1.54) is 0 Å². The summed E-state index contributed by atoms with van der Waals surface area (Å²) in [5.41, 5.74) is 11.5. The van der Waals surface area contributed by atoms with Gasteiger partial charge in [0.05, 0.1) is 12.3 Å². The first-order chi connectivity index (χ1) is 7.70. The van der Waals surface area contributed by atoms with E-state index in [1.807, 2.05) is 30.3 Å². The zero-order valence-electron chi connectivity index (χ0n) is 9.54. The summed E-state index contributed by atoms with van der Waals surface area (Å²) in [6, 6.07) is 8.99. The van der Waals surface area contributed by atoms with Crippen LogP contribution in [0.2, 0.25) is 0 Å². The summed E-state index contributed by atoms with van der Waals surface area (Å²) in [6.07, 6.45) is 1.45. The Morgan fingerprint density at radius 2 is 1.71 bits per heavy atom. The van der Waals surface area contributed by atoms with Crippen LogP contribution in [-0.4, -0.2) is 26.6 Å². The Balaban J connectivity index is 0.000000437. The van der Waals surface area contributed by atoms with Gasteiger partial charge in [0.1, 0.15) is 0 Å². The predicted octanol–water partition coefficient (Wildman–Crippen LogP) is -1.05. The molecule has 0 aliphatic rings. The molecule has 0 saturated heterocycles. The molecule has 0 fully saturated rings. The molecule has 0 aliphatic heterocycles. The number of benzene rings is 1. The van der Waals surface area contributed by atoms with Crippen molar-refractivity contribution in [3.63, 3.8) is 0 Å². The van der Waals surface area contributed by atoms with Gasteiger partial charge in [-0.25, -0.2) is 13.6 Å². The van der Waals surface area contributed by atoms with Crippen LogP contribution in [-0.2, 0) is 21.2 Å². The van der Waals surface area contributed by atoms with Crippen molar-refractivity contribution in [2.45, 2.75) is 12.5 Å². The van der Waals surface area contributed by atoms with Crippen molar-refractivity contribution >= 4 is 15.9 Å². The van der Waals surface area contributed by atoms with E-state index in [2.05, 4.69) is 5.14 Å². The summed E-state index contributed by atoms with van der Waals surface area (Å²) in [7, 11) is -3.17. The van der Waals surface area contributed by atoms with E-state index in [4.69, 9.17) is 11.5 Å². The van der Waals surface area contributed by atoms with Crippen LogP contribution in [0, 0.1) is 0 Å². The average molecular weight is 259 g/mol. The first-order valence-corrected chi connectivity index (χ1v) is 6.72. The smallest absolute Gasteiger partial charge is 0.234 e. The Morgan fingerprint density at radius 3 is 2.06 bits per heavy atom. The fraction of sp³-hybridized carbons (Fsp3) is 0.300. The maximum atomic E-state index is 10.6. The van der Waals surface area contributed by atoms with Gasteiger partial charge < -0.3 is 11.5 Å². The summed E-state index contributed by atoms with van der Waals surface area (Å²) in [6.45, 7) is 0. The summed E-state index contributed by atoms with van der Waals surface area (Å²) in [4.78, 5) is 10.6. The van der Waals surface area contributed by atoms with E-state index in [9.17, 15) is 13.2 Å². The first kappa shape index (κ1) is 15.6. The van der Waals surface area contributed by atoms with Crippen molar-refractivity contribution in [2.75, 3.05) is 6.26 Å². The van der Waals surface area contributed by atoms with E-state index in [0.717, 1.165) is 11.8 Å². The first-order valence-electron chi connectivity index (χ1n) is 4.76. The van der Waals surface area contributed by atoms with Gasteiger partial charge in [-0.3, -0.25) is 4.79 Å². The summed E-state index contributed by atoms with van der Waals surface area (Å²) < 4.78 is 18.8. The van der Waals surface area contributed by atoms with E-state index in [0.29, 0.717) is 6.42 Å². The minimum atomic E-state index is -3.17. The Hall–Kier alpha value is -1.44. The zero-order chi connectivity index (χ0) is 13.5. The van der Waals surface area contributed by atoms with Gasteiger partial charge in [0.25, 0.3) is 0 Å². The van der Waals surface area contributed by atoms with Crippen LogP contribution in [0.5, 0.6) is 0 Å². The van der Waals surface area contributed by atoms with E-state index < -0.39 is 22.0 Å². The number of sulfonamides is 1. The van der Waals surface area contributed by atoms with Gasteiger partial charge in [-0.1, -0.05) is 30.3 Å². The second-order valence-corrected chi connectivity index (χ2v) is 5.19. The minimum Gasteiger partial charge on any atom is -0.368 e. The van der Waals surface area contributed by atoms with E-state index >= 15 is 0 Å². The Kier molecular flexibility index (Phi) is 6.40. The highest BCUT2D eigenvalue weighted by molar-refractivity contribution is 7.88. The molecule has 7 heteroatoms. The number of primary amides is 1. The minimum absolute atomic E-state index is 0.459. The van der Waals surface area contributed by atoms with Crippen LogP contribution in [0.1, 0.15) is 5.56 Å². The van der Waals surface area contributed by atoms with Crippen LogP contribution in [0.3, 0.4) is 0 Å². The molecule has 0 bridgehead atoms. The molecule has 0 unspecified atom stereocenters. The molecule has 0 heterocycles. The number of carbonyl (C=O) groups is 1. The highest BCUT2D eigenvalue weighted by Gasteiger charge is 2.08. The monoisotopic (exact) mass is 259 g/mol. The lowest BCUT2D eigenvalue weighted by Gasteiger charge is -2.06. The lowest BCUT2D eigenvalue weighted by atomic mass is 10.1. The fourth-order valence-corrected chi connectivity index (χ4v) is 0.969. The molecule has 1 aromatic carbocycles. The zero-order valence-corrected chi connectivity index (χ0v) is 10.4. The molecule has 1 aromatic rings. The van der Waals surface area contributed by atoms with Gasteiger partial charge in [-0.05, 0) is 12.0 Å². The van der Waals surface area contributed by atoms with Gasteiger partial charge in [0.15, 0.2) is 0 Å². The third-order valence-corrected chi connectivity index (χ3v) is 1.66. The average Bonchev–Trinajstić information content (AvgIpc) is 2.16. The van der Waals surface area contributed by atoms with Crippen LogP contribution in [0.15, 0.2) is 30.3 Å². The van der Waals surface area contributed by atoms with Crippen LogP contribution in [0.4, 0.5) is 0 Å². The molecule has 1 rings (SSSR count). The van der Waals surface area contributed by atoms with Crippen molar-refractivity contribution in [1.82, 2.24) is 0 Å². The van der Waals surface area contributed by atoms with Crippen molar-refractivity contribution in [1.29, 1.82) is 0 Å². The quantitative estimate of drug-likeness (QED) is 0.639. The van der Waals surface area contributed by atoms with Crippen molar-refractivity contribution in [3.05, 3.63) is 35.9 Å². The molecule has 6 N–H and O–H groups in total. The van der Waals surface area contributed by atoms with E-state index in [-0.39, 0.29) is 0 Å². The summed E-state index contributed by atoms with van der Waals surface area (Å²) >= 11 is 0. The molecule has 6 nitrogen and oxygen atoms in total. The van der Waals surface area contributed by atoms with Crippen molar-refractivity contribution in [2.24, 2.45) is 16.6 Å². The summed E-state index contributed by atoms with van der Waals surface area (Å²) in [5.74, 6) is -0.459. The maximum absolute atomic E-state index is 10.6. The second-order valence-electron chi connectivity index (χ2n) is 3.53. The van der Waals surface area contributed by atoms with E-state index in [1.54, 1.807) is 0 Å². The number of amides is 1. The Labute approximate surface area is 101 Å². The number of rotatable bonds is 3. The molecule has 17 heavy (non-hydrogen) atoms. The largest absolute Gasteiger partial charge is 0.368 e. The second kappa shape index (κ2) is 7.00. The topological polar surface area (TPSA) is 129 Å². The molecule has 96 valence electrons. The molecule has 0 aromatic heterocycles. The Morgan fingerprint density at radius 1 is 1.29 bits per heavy atom. The standard InChI is InChI=1S/C9H12N2O.CH5NO2S/c10-8(9(11)12)6-7-4-2-1-3-5-7;1-5(2,3)4/h1-5,8H,6,10H2,(H2,11,12);1H3,(H2,2,3,4)/t8-;/m0./s1. The molecular formula is C10H17N3O3S. The van der Waals surface area contributed by atoms with Gasteiger partial charge in [-0.15, -0.1) is 0 Å². The third kappa shape index (κ3) is 10.8. The van der Waals surface area contributed by atoms with Gasteiger partial charge in [0.2, 0.25) is 15.9 Å². The normalized spacial score (nSPS) is 12.2.